The molecule has 0 aliphatic carbocycles. The van der Waals surface area contributed by atoms with Crippen LogP contribution >= 0.6 is 0 Å². The smallest absolute Gasteiger partial charge is 0.282 e. The van der Waals surface area contributed by atoms with Crippen molar-refractivity contribution in [2.45, 2.75) is 45.2 Å². The number of piperidine rings is 1. The monoisotopic (exact) mass is 307 g/mol. The maximum Gasteiger partial charge on any atom is 0.282 e. The van der Waals surface area contributed by atoms with Crippen molar-refractivity contribution in [2.24, 2.45) is 0 Å². The van der Waals surface area contributed by atoms with E-state index in [-0.39, 0.29) is 6.04 Å². The molecule has 0 aromatic rings. The zero-order chi connectivity index (χ0) is 15.2. The van der Waals surface area contributed by atoms with Crippen molar-refractivity contribution in [3.05, 3.63) is 0 Å². The average molecular weight is 307 g/mol. The zero-order valence-corrected chi connectivity index (χ0v) is 13.9. The van der Waals surface area contributed by atoms with Crippen LogP contribution in [0.25, 0.3) is 0 Å². The quantitative estimate of drug-likeness (QED) is 0.716. The van der Waals surface area contributed by atoms with Crippen LogP contribution in [0.5, 0.6) is 0 Å². The van der Waals surface area contributed by atoms with Gasteiger partial charge in [0.25, 0.3) is 10.2 Å². The molecule has 1 N–H and O–H groups in total. The van der Waals surface area contributed by atoms with Gasteiger partial charge in [0, 0.05) is 45.9 Å². The topological polar surface area (TPSA) is 61.9 Å². The number of rotatable bonds is 8. The number of likely N-dealkylation sites (N-methyl/N-ethyl adjacent to an activating group) is 1. The number of hydrogen-bond donors (Lipinski definition) is 1. The number of ether oxygens (including phenoxy) is 1. The molecule has 0 radical (unpaired) electrons. The Hall–Kier alpha value is -0.210. The van der Waals surface area contributed by atoms with E-state index >= 15 is 0 Å². The lowest BCUT2D eigenvalue weighted by atomic mass is 10.0. The van der Waals surface area contributed by atoms with E-state index in [1.54, 1.807) is 18.5 Å². The second-order valence-electron chi connectivity index (χ2n) is 5.65. The number of nitrogens with zero attached hydrogens (tertiary/aromatic N) is 2. The van der Waals surface area contributed by atoms with Gasteiger partial charge < -0.3 is 10.1 Å². The Morgan fingerprint density at radius 3 is 2.70 bits per heavy atom. The summed E-state index contributed by atoms with van der Waals surface area (Å²) in [7, 11) is -0.184. The van der Waals surface area contributed by atoms with Crippen LogP contribution in [-0.2, 0) is 14.9 Å². The van der Waals surface area contributed by atoms with Crippen molar-refractivity contribution in [3.63, 3.8) is 0 Å². The predicted octanol–water partition coefficient (Wildman–Crippen LogP) is 0.662. The predicted molar refractivity (Wildman–Crippen MR) is 80.9 cm³/mol. The highest BCUT2D eigenvalue weighted by molar-refractivity contribution is 7.86. The van der Waals surface area contributed by atoms with Crippen LogP contribution in [0.2, 0.25) is 0 Å². The SMILES string of the molecule is COCCN(C)S(=O)(=O)N1CCCCC1CNC(C)C. The summed E-state index contributed by atoms with van der Waals surface area (Å²) < 4.78 is 33.2. The van der Waals surface area contributed by atoms with E-state index < -0.39 is 10.2 Å². The molecule has 0 bridgehead atoms. The Balaban J connectivity index is 2.72. The van der Waals surface area contributed by atoms with Crippen molar-refractivity contribution >= 4 is 10.2 Å². The lowest BCUT2D eigenvalue weighted by Gasteiger charge is -2.37. The summed E-state index contributed by atoms with van der Waals surface area (Å²) in [5, 5.41) is 3.35. The minimum atomic E-state index is -3.38. The van der Waals surface area contributed by atoms with Crippen molar-refractivity contribution in [1.82, 2.24) is 13.9 Å². The van der Waals surface area contributed by atoms with Gasteiger partial charge in [-0.05, 0) is 12.8 Å². The number of hydrogen-bond acceptors (Lipinski definition) is 4. The minimum absolute atomic E-state index is 0.0566. The summed E-state index contributed by atoms with van der Waals surface area (Å²) in [4.78, 5) is 0. The fraction of sp³-hybridized carbons (Fsp3) is 1.00. The molecule has 0 aromatic carbocycles. The van der Waals surface area contributed by atoms with Gasteiger partial charge in [-0.1, -0.05) is 20.3 Å². The van der Waals surface area contributed by atoms with Crippen LogP contribution < -0.4 is 5.32 Å². The molecule has 0 amide bonds. The first-order chi connectivity index (χ1) is 9.39. The van der Waals surface area contributed by atoms with E-state index in [1.807, 2.05) is 0 Å². The molecule has 7 heteroatoms. The highest BCUT2D eigenvalue weighted by Crippen LogP contribution is 2.21. The molecule has 0 spiro atoms. The molecular formula is C13H29N3O3S. The van der Waals surface area contributed by atoms with Crippen molar-refractivity contribution in [2.75, 3.05) is 40.4 Å². The normalized spacial score (nSPS) is 21.8. The molecule has 1 atom stereocenters. The first-order valence-corrected chi connectivity index (χ1v) is 8.74. The summed E-state index contributed by atoms with van der Waals surface area (Å²) in [5.41, 5.74) is 0. The van der Waals surface area contributed by atoms with E-state index in [2.05, 4.69) is 19.2 Å². The van der Waals surface area contributed by atoms with Crippen LogP contribution in [0.1, 0.15) is 33.1 Å². The molecule has 1 heterocycles. The molecule has 1 aliphatic heterocycles. The fourth-order valence-electron chi connectivity index (χ4n) is 2.37. The highest BCUT2D eigenvalue weighted by atomic mass is 32.2. The summed E-state index contributed by atoms with van der Waals surface area (Å²) in [6.07, 6.45) is 2.96. The lowest BCUT2D eigenvalue weighted by molar-refractivity contribution is 0.176. The van der Waals surface area contributed by atoms with Gasteiger partial charge in [0.15, 0.2) is 0 Å². The molecule has 0 aromatic heterocycles. The first-order valence-electron chi connectivity index (χ1n) is 7.35. The Bertz CT molecular complexity index is 373. The molecule has 120 valence electrons. The fourth-order valence-corrected chi connectivity index (χ4v) is 3.95. The zero-order valence-electron chi connectivity index (χ0n) is 13.1. The Morgan fingerprint density at radius 1 is 1.40 bits per heavy atom. The third-order valence-electron chi connectivity index (χ3n) is 3.64. The van der Waals surface area contributed by atoms with Gasteiger partial charge in [0.1, 0.15) is 0 Å². The second-order valence-corrected chi connectivity index (χ2v) is 7.63. The lowest BCUT2D eigenvalue weighted by Crippen LogP contribution is -2.53. The standard InChI is InChI=1S/C13H29N3O3S/c1-12(2)14-11-13-7-5-6-8-16(13)20(17,18)15(3)9-10-19-4/h12-14H,5-11H2,1-4H3. The van der Waals surface area contributed by atoms with Crippen molar-refractivity contribution in [3.8, 4) is 0 Å². The molecular weight excluding hydrogens is 278 g/mol. The average Bonchev–Trinajstić information content (AvgIpc) is 2.42. The van der Waals surface area contributed by atoms with E-state index in [0.717, 1.165) is 25.8 Å². The van der Waals surface area contributed by atoms with Gasteiger partial charge in [-0.2, -0.15) is 17.0 Å². The maximum atomic E-state index is 12.6. The number of methoxy groups -OCH3 is 1. The van der Waals surface area contributed by atoms with Crippen molar-refractivity contribution in [1.29, 1.82) is 0 Å². The maximum absolute atomic E-state index is 12.6. The van der Waals surface area contributed by atoms with E-state index in [9.17, 15) is 8.42 Å². The molecule has 1 saturated heterocycles. The summed E-state index contributed by atoms with van der Waals surface area (Å²) in [6.45, 7) is 6.29. The summed E-state index contributed by atoms with van der Waals surface area (Å²) >= 11 is 0. The first kappa shape index (κ1) is 17.8. The molecule has 0 saturated carbocycles. The largest absolute Gasteiger partial charge is 0.383 e. The highest BCUT2D eigenvalue weighted by Gasteiger charge is 2.34. The Morgan fingerprint density at radius 2 is 2.10 bits per heavy atom. The summed E-state index contributed by atoms with van der Waals surface area (Å²) in [5.74, 6) is 0. The van der Waals surface area contributed by atoms with E-state index in [1.165, 1.54) is 4.31 Å². The molecule has 1 unspecified atom stereocenters. The van der Waals surface area contributed by atoms with Crippen LogP contribution in [0.3, 0.4) is 0 Å². The third kappa shape index (κ3) is 4.96. The second kappa shape index (κ2) is 8.29. The van der Waals surface area contributed by atoms with Gasteiger partial charge in [-0.3, -0.25) is 0 Å². The number of nitrogens with one attached hydrogen (secondary N) is 1. The van der Waals surface area contributed by atoms with Crippen molar-refractivity contribution < 1.29 is 13.2 Å². The van der Waals surface area contributed by atoms with Gasteiger partial charge >= 0.3 is 0 Å². The van der Waals surface area contributed by atoms with Gasteiger partial charge in [0.2, 0.25) is 0 Å². The van der Waals surface area contributed by atoms with Crippen LogP contribution in [-0.4, -0.2) is 69.5 Å². The van der Waals surface area contributed by atoms with Gasteiger partial charge in [0.05, 0.1) is 6.61 Å². The molecule has 1 fully saturated rings. The molecule has 6 nitrogen and oxygen atoms in total. The van der Waals surface area contributed by atoms with Gasteiger partial charge in [-0.25, -0.2) is 0 Å². The van der Waals surface area contributed by atoms with E-state index in [4.69, 9.17) is 4.74 Å². The molecule has 1 rings (SSSR count). The Labute approximate surface area is 123 Å². The van der Waals surface area contributed by atoms with Crippen LogP contribution in [0.4, 0.5) is 0 Å². The third-order valence-corrected chi connectivity index (χ3v) is 5.68. The van der Waals surface area contributed by atoms with Crippen LogP contribution in [0.15, 0.2) is 0 Å². The van der Waals surface area contributed by atoms with E-state index in [0.29, 0.717) is 25.7 Å². The van der Waals surface area contributed by atoms with Gasteiger partial charge in [-0.15, -0.1) is 0 Å². The minimum Gasteiger partial charge on any atom is -0.383 e. The molecule has 1 aliphatic rings. The Kier molecular flexibility index (Phi) is 7.39. The summed E-state index contributed by atoms with van der Waals surface area (Å²) in [6, 6.07) is 0.425. The van der Waals surface area contributed by atoms with Crippen LogP contribution in [0, 0.1) is 0 Å². The molecule has 20 heavy (non-hydrogen) atoms.